The summed E-state index contributed by atoms with van der Waals surface area (Å²) in [5.41, 5.74) is 28.2. The molecule has 4 heterocycles. The zero-order chi connectivity index (χ0) is 55.8. The first kappa shape index (κ1) is 67.7. The molecule has 0 spiro atoms. The number of nitrogens with zero attached hydrogens (tertiary/aromatic N) is 4. The minimum atomic E-state index is -1.02. The molecule has 20 nitrogen and oxygen atoms in total. The van der Waals surface area contributed by atoms with Crippen molar-refractivity contribution in [2.45, 2.75) is 49.9 Å². The van der Waals surface area contributed by atoms with E-state index in [0.29, 0.717) is 0 Å². The molecule has 0 aliphatic carbocycles. The van der Waals surface area contributed by atoms with Gasteiger partial charge in [-0.25, -0.2) is 0 Å². The van der Waals surface area contributed by atoms with Gasteiger partial charge in [-0.3, -0.25) is 39.1 Å². The van der Waals surface area contributed by atoms with Crippen molar-refractivity contribution < 1.29 is 99.0 Å². The van der Waals surface area contributed by atoms with Crippen molar-refractivity contribution in [2.75, 3.05) is 0 Å². The maximum absolute atomic E-state index is 10.4. The molecule has 4 aromatic carbocycles. The molecule has 8 rings (SSSR count). The Morgan fingerprint density at radius 2 is 0.474 bits per heavy atom. The van der Waals surface area contributed by atoms with Gasteiger partial charge in [-0.1, -0.05) is 72.8 Å². The summed E-state index contributed by atoms with van der Waals surface area (Å²) in [6.07, 6.45) is 8.17. The number of hydrogen-bond acceptors (Lipinski definition) is 16. The third kappa shape index (κ3) is 28.0. The first-order valence-corrected chi connectivity index (χ1v) is 23.0. The first-order valence-electron chi connectivity index (χ1n) is 23.0. The fraction of sp³-hybridized carbons (Fsp3) is 0.143. The quantitative estimate of drug-likeness (QED) is 0.0583. The van der Waals surface area contributed by atoms with Crippen LogP contribution in [-0.2, 0) is 83.8 Å². The van der Waals surface area contributed by atoms with E-state index in [0.717, 1.165) is 45.0 Å². The molecular formula is C56H60N8O12Zn2. The van der Waals surface area contributed by atoms with Crippen molar-refractivity contribution >= 4 is 23.9 Å². The number of pyridine rings is 4. The van der Waals surface area contributed by atoms with Crippen molar-refractivity contribution in [3.8, 4) is 45.8 Å². The maximum Gasteiger partial charge on any atom is 0.320 e. The molecule has 0 radical (unpaired) electrons. The Kier molecular flexibility index (Phi) is 32.4. The minimum absolute atomic E-state index is 0. The normalized spacial score (nSPS) is 11.2. The number of carboxylic acids is 4. The van der Waals surface area contributed by atoms with Crippen molar-refractivity contribution in [2.24, 2.45) is 22.9 Å². The molecule has 4 aromatic heterocycles. The molecule has 0 amide bonds. The van der Waals surface area contributed by atoms with Crippen molar-refractivity contribution in [1.82, 2.24) is 19.9 Å². The number of rotatable bonds is 14. The van der Waals surface area contributed by atoms with E-state index in [1.165, 1.54) is 48.5 Å². The van der Waals surface area contributed by atoms with Crippen molar-refractivity contribution in [3.63, 3.8) is 0 Å². The van der Waals surface area contributed by atoms with E-state index in [2.05, 4.69) is 19.9 Å². The third-order valence-corrected chi connectivity index (χ3v) is 10.0. The molecule has 0 unspecified atom stereocenters. The van der Waals surface area contributed by atoms with Gasteiger partial charge < -0.3 is 63.8 Å². The van der Waals surface area contributed by atoms with Crippen LogP contribution in [-0.4, -0.2) is 109 Å². The Morgan fingerprint density at radius 1 is 0.308 bits per heavy atom. The van der Waals surface area contributed by atoms with Gasteiger partial charge in [0.1, 0.15) is 47.2 Å². The number of aromatic hydroxyl groups is 4. The number of carbonyl (C=O) groups is 4. The number of benzene rings is 4. The van der Waals surface area contributed by atoms with Crippen molar-refractivity contribution in [3.05, 3.63) is 217 Å². The van der Waals surface area contributed by atoms with Crippen LogP contribution in [0.3, 0.4) is 0 Å². The number of phenols is 4. The van der Waals surface area contributed by atoms with Gasteiger partial charge in [-0.15, -0.1) is 0 Å². The fourth-order valence-corrected chi connectivity index (χ4v) is 5.95. The molecule has 400 valence electrons. The first-order chi connectivity index (χ1) is 36.3. The van der Waals surface area contributed by atoms with Crippen LogP contribution in [0.15, 0.2) is 195 Å². The Hall–Kier alpha value is -8.35. The number of aromatic nitrogens is 4. The molecule has 8 aromatic rings. The second-order valence-electron chi connectivity index (χ2n) is 16.1. The van der Waals surface area contributed by atoms with Gasteiger partial charge in [0.2, 0.25) is 0 Å². The van der Waals surface area contributed by atoms with Crippen LogP contribution < -0.4 is 22.9 Å². The summed E-state index contributed by atoms with van der Waals surface area (Å²) in [7, 11) is 0. The van der Waals surface area contributed by atoms with Crippen LogP contribution in [0.25, 0.3) is 22.8 Å². The SMILES string of the molecule is N[C@@H](Cc1ccc(O)cc1)C(=O)O.N[C@@H](Cc1ccc(O)cc1)C(=O)O.N[C@@H](Cc1ccc(O)cc1)C(=O)O.N[C@@H](Cc1ccc(O)cc1)C(=O)O.[Zn].[Zn].c1ccc(-c2ccccn2)nc1.c1ccc(-c2ccccn2)nc1. The maximum atomic E-state index is 10.4. The zero-order valence-corrected chi connectivity index (χ0v) is 48.3. The van der Waals surface area contributed by atoms with Gasteiger partial charge in [0.15, 0.2) is 0 Å². The Balaban J connectivity index is 0.000000466. The second-order valence-corrected chi connectivity index (χ2v) is 16.1. The van der Waals surface area contributed by atoms with E-state index in [4.69, 9.17) is 63.8 Å². The molecule has 16 N–H and O–H groups in total. The molecule has 0 saturated carbocycles. The molecule has 0 fully saturated rings. The van der Waals surface area contributed by atoms with Crippen LogP contribution >= 0.6 is 0 Å². The van der Waals surface area contributed by atoms with Crippen LogP contribution in [0.2, 0.25) is 0 Å². The monoisotopic (exact) mass is 1160 g/mol. The topological polar surface area (TPSA) is 386 Å². The van der Waals surface area contributed by atoms with E-state index in [1.54, 1.807) is 73.3 Å². The summed E-state index contributed by atoms with van der Waals surface area (Å²) in [5, 5.41) is 69.9. The zero-order valence-electron chi connectivity index (χ0n) is 42.3. The largest absolute Gasteiger partial charge is 0.508 e. The second kappa shape index (κ2) is 37.4. The summed E-state index contributed by atoms with van der Waals surface area (Å²) in [6, 6.07) is 44.9. The predicted molar refractivity (Wildman–Crippen MR) is 285 cm³/mol. The molecule has 0 aliphatic rings. The third-order valence-electron chi connectivity index (χ3n) is 10.0. The van der Waals surface area contributed by atoms with E-state index in [1.807, 2.05) is 72.8 Å². The number of nitrogens with two attached hydrogens (primary N) is 4. The van der Waals surface area contributed by atoms with E-state index < -0.39 is 48.0 Å². The summed E-state index contributed by atoms with van der Waals surface area (Å²) in [6.45, 7) is 0. The van der Waals surface area contributed by atoms with E-state index in [-0.39, 0.29) is 87.6 Å². The summed E-state index contributed by atoms with van der Waals surface area (Å²) >= 11 is 0. The van der Waals surface area contributed by atoms with Gasteiger partial charge in [0, 0.05) is 63.7 Å². The average molecular weight is 1170 g/mol. The molecule has 4 atom stereocenters. The number of phenolic OH excluding ortho intramolecular Hbond substituents is 4. The molecule has 22 heteroatoms. The van der Waals surface area contributed by atoms with Crippen molar-refractivity contribution in [1.29, 1.82) is 0 Å². The standard InChI is InChI=1S/2C10H8N2.4C9H11NO3.2Zn/c2*1-3-7-11-9(5-1)10-6-2-4-8-12-10;4*10-8(9(12)13)5-6-1-3-7(11)4-2-6;;/h2*1-8H;4*1-4,8,11H,5,10H2,(H,12,13);;/t;;4*8-;;/m..0000../s1. The fourth-order valence-electron chi connectivity index (χ4n) is 5.95. The number of hydrogen-bond donors (Lipinski definition) is 12. The Bertz CT molecular complexity index is 2520. The molecule has 78 heavy (non-hydrogen) atoms. The number of carboxylic acid groups (broad SMARTS) is 4. The van der Waals surface area contributed by atoms with Crippen LogP contribution in [0.4, 0.5) is 0 Å². The summed E-state index contributed by atoms with van der Waals surface area (Å²) < 4.78 is 0. The minimum Gasteiger partial charge on any atom is -0.508 e. The average Bonchev–Trinajstić information content (AvgIpc) is 3.43. The van der Waals surface area contributed by atoms with Gasteiger partial charge in [0.25, 0.3) is 0 Å². The van der Waals surface area contributed by atoms with E-state index >= 15 is 0 Å². The molecule has 0 saturated heterocycles. The smallest absolute Gasteiger partial charge is 0.320 e. The molecule has 0 bridgehead atoms. The van der Waals surface area contributed by atoms with Gasteiger partial charge in [-0.05, 0) is 145 Å². The summed E-state index contributed by atoms with van der Waals surface area (Å²) in [5.74, 6) is -3.44. The van der Waals surface area contributed by atoms with Gasteiger partial charge >= 0.3 is 23.9 Å². The molecular weight excluding hydrogens is 1110 g/mol. The Morgan fingerprint density at radius 3 is 0.603 bits per heavy atom. The number of aliphatic carboxylic acids is 4. The van der Waals surface area contributed by atoms with Crippen LogP contribution in [0.5, 0.6) is 23.0 Å². The van der Waals surface area contributed by atoms with Crippen LogP contribution in [0.1, 0.15) is 22.3 Å². The predicted octanol–water partition coefficient (Wildman–Crippen LogP) is 5.67. The van der Waals surface area contributed by atoms with Gasteiger partial charge in [0.05, 0.1) is 22.8 Å². The Labute approximate surface area is 475 Å². The van der Waals surface area contributed by atoms with Gasteiger partial charge in [-0.2, -0.15) is 0 Å². The van der Waals surface area contributed by atoms with E-state index in [9.17, 15) is 19.2 Å². The molecule has 0 aliphatic heterocycles. The van der Waals surface area contributed by atoms with Crippen LogP contribution in [0, 0.1) is 0 Å². The summed E-state index contributed by atoms with van der Waals surface area (Å²) in [4.78, 5) is 58.3.